The monoisotopic (exact) mass is 631 g/mol. The Morgan fingerprint density at radius 1 is 1.07 bits per heavy atom. The summed E-state index contributed by atoms with van der Waals surface area (Å²) in [5, 5.41) is 12.1. The van der Waals surface area contributed by atoms with E-state index in [2.05, 4.69) is 26.0 Å². The lowest BCUT2D eigenvalue weighted by atomic mass is 10.0. The Morgan fingerprint density at radius 3 is 2.59 bits per heavy atom. The minimum Gasteiger partial charge on any atom is -0.399 e. The van der Waals surface area contributed by atoms with Crippen LogP contribution in [0.2, 0.25) is 0 Å². The van der Waals surface area contributed by atoms with Gasteiger partial charge in [-0.1, -0.05) is 18.2 Å². The summed E-state index contributed by atoms with van der Waals surface area (Å²) in [5.41, 5.74) is 9.59. The number of ether oxygens (including phenoxy) is 1. The minimum atomic E-state index is -0.708. The van der Waals surface area contributed by atoms with Crippen LogP contribution in [-0.2, 0) is 25.7 Å². The van der Waals surface area contributed by atoms with Crippen LogP contribution in [0.5, 0.6) is 0 Å². The lowest BCUT2D eigenvalue weighted by Crippen LogP contribution is -2.52. The summed E-state index contributed by atoms with van der Waals surface area (Å²) in [6.45, 7) is 4.54. The molecule has 3 heterocycles. The Balaban J connectivity index is 0.950. The number of carbonyl (C=O) groups excluding carboxylic acids is 4. The fourth-order valence-electron chi connectivity index (χ4n) is 5.84. The number of nitrogens with zero attached hydrogens (tertiary/aromatic N) is 4. The van der Waals surface area contributed by atoms with Crippen LogP contribution in [0.15, 0.2) is 52.6 Å². The fourth-order valence-corrected chi connectivity index (χ4v) is 5.84. The summed E-state index contributed by atoms with van der Waals surface area (Å²) >= 11 is 0. The molecule has 14 nitrogen and oxygen atoms in total. The van der Waals surface area contributed by atoms with E-state index in [1.54, 1.807) is 24.4 Å². The highest BCUT2D eigenvalue weighted by Gasteiger charge is 2.40. The van der Waals surface area contributed by atoms with Crippen LogP contribution in [0.25, 0.3) is 0 Å². The maximum absolute atomic E-state index is 13.0. The highest BCUT2D eigenvalue weighted by Crippen LogP contribution is 2.32. The Morgan fingerprint density at radius 2 is 1.85 bits per heavy atom. The molecule has 2 saturated heterocycles. The van der Waals surface area contributed by atoms with Gasteiger partial charge >= 0.3 is 0 Å². The first kappa shape index (κ1) is 32.7. The third-order valence-corrected chi connectivity index (χ3v) is 8.43. The summed E-state index contributed by atoms with van der Waals surface area (Å²) in [6, 6.07) is 12.0. The standard InChI is InChI=1S/C32H41N9O5/c33-22-6-4-21(5-7-22)27(39-34)18-36-23-10-13-40(14-11-23)15-17-46-16-12-35-19-30(43)37-26-3-1-2-24-25(26)20-41(32(24)45)28-8-9-29(42)38-31(28)44/h1-7,18,23,28,35H,8-17,19-20,33-34H2,(H,37,43)(H,38,42,44)/b36-18?,39-27+. The molecule has 5 rings (SSSR count). The van der Waals surface area contributed by atoms with Gasteiger partial charge in [-0.3, -0.25) is 29.5 Å². The highest BCUT2D eigenvalue weighted by atomic mass is 16.5. The SMILES string of the molecule is N/N=C(\C=NC1CCN(CCOCCNCC(=O)Nc2cccc3c2CN(C2CCC(=O)NC2=O)C3=O)CC1)c1ccc(N)cc1. The average Bonchev–Trinajstić information content (AvgIpc) is 3.39. The molecular formula is C32H41N9O5. The van der Waals surface area contributed by atoms with Gasteiger partial charge in [-0.25, -0.2) is 0 Å². The molecule has 0 aliphatic carbocycles. The maximum atomic E-state index is 13.0. The third-order valence-electron chi connectivity index (χ3n) is 8.43. The van der Waals surface area contributed by atoms with Crippen molar-refractivity contribution in [2.45, 2.75) is 44.3 Å². The molecule has 244 valence electrons. The average molecular weight is 632 g/mol. The molecule has 2 fully saturated rings. The molecule has 3 aliphatic heterocycles. The van der Waals surface area contributed by atoms with E-state index in [9.17, 15) is 19.2 Å². The molecule has 1 atom stereocenters. The smallest absolute Gasteiger partial charge is 0.255 e. The number of aliphatic imine (C=N–C) groups is 1. The molecule has 3 aliphatic rings. The lowest BCUT2D eigenvalue weighted by molar-refractivity contribution is -0.137. The van der Waals surface area contributed by atoms with Crippen LogP contribution in [0, 0.1) is 0 Å². The second kappa shape index (κ2) is 15.6. The van der Waals surface area contributed by atoms with Crippen LogP contribution in [0.4, 0.5) is 11.4 Å². The Bertz CT molecular complexity index is 1490. The van der Waals surface area contributed by atoms with Crippen molar-refractivity contribution in [3.05, 3.63) is 59.2 Å². The van der Waals surface area contributed by atoms with Crippen molar-refractivity contribution in [1.82, 2.24) is 20.4 Å². The summed E-state index contributed by atoms with van der Waals surface area (Å²) in [5.74, 6) is 4.24. The number of piperidine rings is 2. The van der Waals surface area contributed by atoms with Crippen molar-refractivity contribution in [2.75, 3.05) is 57.0 Å². The van der Waals surface area contributed by atoms with Gasteiger partial charge in [0.05, 0.1) is 25.8 Å². The molecular weight excluding hydrogens is 590 g/mol. The maximum Gasteiger partial charge on any atom is 0.255 e. The zero-order valence-corrected chi connectivity index (χ0v) is 25.7. The number of nitrogen functional groups attached to an aromatic ring is 1. The van der Waals surface area contributed by atoms with Gasteiger partial charge in [0, 0.05) is 73.4 Å². The molecule has 2 aromatic rings. The second-order valence-corrected chi connectivity index (χ2v) is 11.6. The van der Waals surface area contributed by atoms with E-state index < -0.39 is 11.9 Å². The lowest BCUT2D eigenvalue weighted by Gasteiger charge is -2.30. The molecule has 0 saturated carbocycles. The molecule has 0 aromatic heterocycles. The number of benzene rings is 2. The first-order chi connectivity index (χ1) is 22.3. The highest BCUT2D eigenvalue weighted by molar-refractivity contribution is 6.38. The van der Waals surface area contributed by atoms with Crippen LogP contribution in [0.3, 0.4) is 0 Å². The van der Waals surface area contributed by atoms with E-state index in [0.29, 0.717) is 48.0 Å². The van der Waals surface area contributed by atoms with Crippen LogP contribution in [0.1, 0.15) is 47.2 Å². The number of amides is 4. The molecule has 0 radical (unpaired) electrons. The van der Waals surface area contributed by atoms with Crippen molar-refractivity contribution < 1.29 is 23.9 Å². The van der Waals surface area contributed by atoms with Gasteiger partial charge in [-0.2, -0.15) is 5.10 Å². The fraction of sp³-hybridized carbons (Fsp3) is 0.438. The number of rotatable bonds is 13. The van der Waals surface area contributed by atoms with Crippen molar-refractivity contribution in [3.63, 3.8) is 0 Å². The van der Waals surface area contributed by atoms with Gasteiger partial charge < -0.3 is 36.7 Å². The normalized spacial score (nSPS) is 19.5. The van der Waals surface area contributed by atoms with Gasteiger partial charge in [0.2, 0.25) is 17.7 Å². The van der Waals surface area contributed by atoms with Gasteiger partial charge in [0.15, 0.2) is 0 Å². The number of carbonyl (C=O) groups is 4. The zero-order valence-electron chi connectivity index (χ0n) is 25.7. The first-order valence-corrected chi connectivity index (χ1v) is 15.6. The molecule has 46 heavy (non-hydrogen) atoms. The molecule has 7 N–H and O–H groups in total. The number of fused-ring (bicyclic) bond motifs is 1. The van der Waals surface area contributed by atoms with Crippen molar-refractivity contribution >= 4 is 46.9 Å². The largest absolute Gasteiger partial charge is 0.399 e. The number of imide groups is 1. The molecule has 0 bridgehead atoms. The molecule has 2 aromatic carbocycles. The quantitative estimate of drug-likeness (QED) is 0.0521. The van der Waals surface area contributed by atoms with E-state index in [0.717, 1.165) is 38.0 Å². The van der Waals surface area contributed by atoms with E-state index in [-0.39, 0.29) is 49.7 Å². The molecule has 4 amide bonds. The number of anilines is 2. The summed E-state index contributed by atoms with van der Waals surface area (Å²) < 4.78 is 5.77. The number of likely N-dealkylation sites (tertiary alicyclic amines) is 1. The van der Waals surface area contributed by atoms with Gasteiger partial charge in [-0.05, 0) is 43.5 Å². The van der Waals surface area contributed by atoms with Crippen LogP contribution >= 0.6 is 0 Å². The Labute approximate surface area is 267 Å². The predicted octanol–water partition coefficient (Wildman–Crippen LogP) is 0.473. The van der Waals surface area contributed by atoms with Gasteiger partial charge in [-0.15, -0.1) is 0 Å². The van der Waals surface area contributed by atoms with E-state index in [4.69, 9.17) is 21.3 Å². The summed E-state index contributed by atoms with van der Waals surface area (Å²) in [7, 11) is 0. The number of hydrogen-bond acceptors (Lipinski definition) is 11. The summed E-state index contributed by atoms with van der Waals surface area (Å²) in [4.78, 5) is 58.0. The zero-order chi connectivity index (χ0) is 32.5. The van der Waals surface area contributed by atoms with Crippen molar-refractivity contribution in [2.24, 2.45) is 15.9 Å². The molecule has 0 spiro atoms. The van der Waals surface area contributed by atoms with Gasteiger partial charge in [0.1, 0.15) is 11.8 Å². The predicted molar refractivity (Wildman–Crippen MR) is 174 cm³/mol. The Kier molecular flexibility index (Phi) is 11.1. The molecule has 14 heteroatoms. The molecule has 1 unspecified atom stereocenters. The number of nitrogens with one attached hydrogen (secondary N) is 3. The number of nitrogens with two attached hydrogens (primary N) is 2. The van der Waals surface area contributed by atoms with Crippen molar-refractivity contribution in [1.29, 1.82) is 0 Å². The van der Waals surface area contributed by atoms with E-state index >= 15 is 0 Å². The number of hydrogen-bond donors (Lipinski definition) is 5. The van der Waals surface area contributed by atoms with E-state index in [1.807, 2.05) is 24.3 Å². The second-order valence-electron chi connectivity index (χ2n) is 11.6. The van der Waals surface area contributed by atoms with Crippen molar-refractivity contribution in [3.8, 4) is 0 Å². The minimum absolute atomic E-state index is 0.0841. The van der Waals surface area contributed by atoms with Crippen LogP contribution in [-0.4, -0.2) is 103 Å². The summed E-state index contributed by atoms with van der Waals surface area (Å²) in [6.07, 6.45) is 4.10. The van der Waals surface area contributed by atoms with E-state index in [1.165, 1.54) is 4.90 Å². The Hall–Kier alpha value is -4.66. The first-order valence-electron chi connectivity index (χ1n) is 15.6. The third kappa shape index (κ3) is 8.33. The van der Waals surface area contributed by atoms with Crippen LogP contribution < -0.4 is 27.5 Å². The topological polar surface area (TPSA) is 197 Å². The number of hydrazone groups is 1. The van der Waals surface area contributed by atoms with Gasteiger partial charge in [0.25, 0.3) is 5.91 Å².